The molecule has 0 aliphatic heterocycles. The van der Waals surface area contributed by atoms with Gasteiger partial charge in [0.25, 0.3) is 5.91 Å². The van der Waals surface area contributed by atoms with Gasteiger partial charge in [-0.15, -0.1) is 32.9 Å². The van der Waals surface area contributed by atoms with Crippen LogP contribution in [0.15, 0.2) is 10.5 Å². The standard InChI is InChI=1S/C26H33N5O4S3/c1-7-10-31-22(17-12-36-18-11-14(2)8-9-16(17)18)28-29-26(31)37-13-19(32)27-23-20(25(34)35-6)15(3)21(38-23)24(33)30(4)5/h12,14H,7-11,13H2,1-6H3,(H,27,32). The lowest BCUT2D eigenvalue weighted by Gasteiger charge is -2.19. The molecule has 1 unspecified atom stereocenters. The zero-order chi connectivity index (χ0) is 27.6. The molecule has 3 heterocycles. The van der Waals surface area contributed by atoms with Crippen molar-refractivity contribution in [2.24, 2.45) is 5.92 Å². The van der Waals surface area contributed by atoms with Crippen molar-refractivity contribution in [2.45, 2.75) is 58.2 Å². The number of nitrogens with one attached hydrogen (secondary N) is 1. The van der Waals surface area contributed by atoms with Crippen LogP contribution in [-0.4, -0.2) is 64.4 Å². The number of aromatic nitrogens is 3. The number of methoxy groups -OCH3 is 1. The molecule has 0 aromatic carbocycles. The third-order valence-corrected chi connectivity index (χ3v) is 9.74. The summed E-state index contributed by atoms with van der Waals surface area (Å²) in [6.07, 6.45) is 4.26. The summed E-state index contributed by atoms with van der Waals surface area (Å²) in [6.45, 7) is 6.84. The van der Waals surface area contributed by atoms with Gasteiger partial charge in [-0.25, -0.2) is 4.79 Å². The number of hydrogen-bond acceptors (Lipinski definition) is 9. The molecular weight excluding hydrogens is 543 g/mol. The Morgan fingerprint density at radius 3 is 2.74 bits per heavy atom. The number of rotatable bonds is 9. The Morgan fingerprint density at radius 1 is 1.29 bits per heavy atom. The normalized spacial score (nSPS) is 14.7. The van der Waals surface area contributed by atoms with Crippen molar-refractivity contribution in [3.8, 4) is 11.4 Å². The maximum Gasteiger partial charge on any atom is 0.341 e. The fourth-order valence-corrected chi connectivity index (χ4v) is 7.77. The van der Waals surface area contributed by atoms with Gasteiger partial charge in [-0.3, -0.25) is 9.59 Å². The first-order chi connectivity index (χ1) is 18.2. The molecule has 12 heteroatoms. The van der Waals surface area contributed by atoms with E-state index in [1.807, 2.05) is 0 Å². The topological polar surface area (TPSA) is 106 Å². The second-order valence-corrected chi connectivity index (χ2v) is 12.6. The van der Waals surface area contributed by atoms with Crippen LogP contribution in [0, 0.1) is 12.8 Å². The number of fused-ring (bicyclic) bond motifs is 1. The Morgan fingerprint density at radius 2 is 2.05 bits per heavy atom. The van der Waals surface area contributed by atoms with E-state index >= 15 is 0 Å². The number of nitrogens with zero attached hydrogens (tertiary/aromatic N) is 4. The Kier molecular flexibility index (Phi) is 8.94. The number of thiophene rings is 2. The molecule has 3 aromatic heterocycles. The first-order valence-corrected chi connectivity index (χ1v) is 15.2. The summed E-state index contributed by atoms with van der Waals surface area (Å²) in [5, 5.41) is 15.0. The van der Waals surface area contributed by atoms with Crippen LogP contribution in [0.5, 0.6) is 0 Å². The highest BCUT2D eigenvalue weighted by Gasteiger charge is 2.28. The molecule has 0 bridgehead atoms. The average Bonchev–Trinajstić information content (AvgIpc) is 3.57. The maximum atomic E-state index is 13.0. The van der Waals surface area contributed by atoms with E-state index in [-0.39, 0.29) is 23.1 Å². The highest BCUT2D eigenvalue weighted by Crippen LogP contribution is 2.39. The van der Waals surface area contributed by atoms with Crippen LogP contribution in [0.25, 0.3) is 11.4 Å². The minimum absolute atomic E-state index is 0.0790. The zero-order valence-corrected chi connectivity index (χ0v) is 25.0. The summed E-state index contributed by atoms with van der Waals surface area (Å²) < 4.78 is 7.01. The van der Waals surface area contributed by atoms with Crippen molar-refractivity contribution in [3.05, 3.63) is 31.8 Å². The molecule has 0 saturated heterocycles. The third-order valence-electron chi connectivity index (χ3n) is 6.53. The number of thioether (sulfide) groups is 1. The molecule has 2 amide bonds. The van der Waals surface area contributed by atoms with E-state index < -0.39 is 5.97 Å². The summed E-state index contributed by atoms with van der Waals surface area (Å²) >= 11 is 4.19. The van der Waals surface area contributed by atoms with Crippen molar-refractivity contribution in [1.29, 1.82) is 0 Å². The number of hydrogen-bond donors (Lipinski definition) is 1. The second-order valence-electron chi connectivity index (χ2n) is 9.65. The quantitative estimate of drug-likeness (QED) is 0.278. The fourth-order valence-electron chi connectivity index (χ4n) is 4.53. The number of carbonyl (C=O) groups excluding carboxylic acids is 3. The van der Waals surface area contributed by atoms with E-state index in [0.29, 0.717) is 26.5 Å². The average molecular weight is 576 g/mol. The number of ether oxygens (including phenoxy) is 1. The largest absolute Gasteiger partial charge is 0.465 e. The SMILES string of the molecule is CCCn1c(SCC(=O)Nc2sc(C(=O)N(C)C)c(C)c2C(=O)OC)nnc1-c1csc2c1CCC(C)C2. The molecule has 9 nitrogen and oxygen atoms in total. The predicted octanol–water partition coefficient (Wildman–Crippen LogP) is 5.13. The van der Waals surface area contributed by atoms with Gasteiger partial charge in [0.2, 0.25) is 5.91 Å². The van der Waals surface area contributed by atoms with Gasteiger partial charge < -0.3 is 19.5 Å². The van der Waals surface area contributed by atoms with E-state index in [4.69, 9.17) is 4.74 Å². The van der Waals surface area contributed by atoms with Gasteiger partial charge in [0.15, 0.2) is 11.0 Å². The van der Waals surface area contributed by atoms with E-state index in [0.717, 1.165) is 48.5 Å². The molecular formula is C26H33N5O4S3. The fraction of sp³-hybridized carbons (Fsp3) is 0.500. The van der Waals surface area contributed by atoms with Gasteiger partial charge in [-0.05, 0) is 49.7 Å². The summed E-state index contributed by atoms with van der Waals surface area (Å²) in [4.78, 5) is 41.3. The minimum Gasteiger partial charge on any atom is -0.465 e. The zero-order valence-electron chi connectivity index (χ0n) is 22.5. The highest BCUT2D eigenvalue weighted by molar-refractivity contribution is 7.99. The van der Waals surface area contributed by atoms with Crippen LogP contribution in [0.1, 0.15) is 62.7 Å². The lowest BCUT2D eigenvalue weighted by molar-refractivity contribution is -0.113. The predicted molar refractivity (Wildman–Crippen MR) is 153 cm³/mol. The number of anilines is 1. The molecule has 1 atom stereocenters. The van der Waals surface area contributed by atoms with Crippen LogP contribution in [0.2, 0.25) is 0 Å². The first-order valence-electron chi connectivity index (χ1n) is 12.5. The van der Waals surface area contributed by atoms with Crippen LogP contribution >= 0.6 is 34.4 Å². The number of carbonyl (C=O) groups is 3. The Balaban J connectivity index is 1.53. The van der Waals surface area contributed by atoms with Crippen LogP contribution in [0.3, 0.4) is 0 Å². The van der Waals surface area contributed by atoms with Crippen LogP contribution in [-0.2, 0) is 28.9 Å². The third kappa shape index (κ3) is 5.67. The number of amides is 2. The summed E-state index contributed by atoms with van der Waals surface area (Å²) in [7, 11) is 4.56. The molecule has 1 aliphatic carbocycles. The summed E-state index contributed by atoms with van der Waals surface area (Å²) in [6, 6.07) is 0. The number of esters is 1. The summed E-state index contributed by atoms with van der Waals surface area (Å²) in [5.41, 5.74) is 3.24. The molecule has 3 aromatic rings. The molecule has 4 rings (SSSR count). The smallest absolute Gasteiger partial charge is 0.341 e. The Hall–Kier alpha value is -2.70. The van der Waals surface area contributed by atoms with Crippen molar-refractivity contribution in [3.63, 3.8) is 0 Å². The lowest BCUT2D eigenvalue weighted by atomic mass is 9.88. The Bertz CT molecular complexity index is 1360. The van der Waals surface area contributed by atoms with Crippen LogP contribution in [0.4, 0.5) is 5.00 Å². The van der Waals surface area contributed by atoms with Gasteiger partial charge in [-0.2, -0.15) is 0 Å². The van der Waals surface area contributed by atoms with Crippen molar-refractivity contribution < 1.29 is 19.1 Å². The maximum absolute atomic E-state index is 13.0. The van der Waals surface area contributed by atoms with Gasteiger partial charge in [0.05, 0.1) is 23.3 Å². The van der Waals surface area contributed by atoms with Gasteiger partial charge in [-0.1, -0.05) is 25.6 Å². The monoisotopic (exact) mass is 575 g/mol. The Labute approximate surface area is 235 Å². The molecule has 0 saturated carbocycles. The minimum atomic E-state index is -0.597. The first kappa shape index (κ1) is 28.3. The van der Waals surface area contributed by atoms with Crippen molar-refractivity contribution in [1.82, 2.24) is 19.7 Å². The second kappa shape index (κ2) is 12.0. The van der Waals surface area contributed by atoms with E-state index in [1.165, 1.54) is 40.6 Å². The molecule has 0 fully saturated rings. The van der Waals surface area contributed by atoms with Crippen molar-refractivity contribution >= 4 is 57.2 Å². The van der Waals surface area contributed by atoms with Gasteiger partial charge in [0, 0.05) is 36.5 Å². The van der Waals surface area contributed by atoms with Crippen molar-refractivity contribution in [2.75, 3.05) is 32.3 Å². The molecule has 204 valence electrons. The van der Waals surface area contributed by atoms with E-state index in [9.17, 15) is 14.4 Å². The van der Waals surface area contributed by atoms with E-state index in [2.05, 4.69) is 39.3 Å². The van der Waals surface area contributed by atoms with E-state index in [1.54, 1.807) is 32.4 Å². The molecule has 1 N–H and O–H groups in total. The molecule has 0 spiro atoms. The molecule has 0 radical (unpaired) electrons. The highest BCUT2D eigenvalue weighted by atomic mass is 32.2. The van der Waals surface area contributed by atoms with Gasteiger partial charge >= 0.3 is 5.97 Å². The molecule has 38 heavy (non-hydrogen) atoms. The van der Waals surface area contributed by atoms with Crippen LogP contribution < -0.4 is 5.32 Å². The van der Waals surface area contributed by atoms with Gasteiger partial charge in [0.1, 0.15) is 5.00 Å². The lowest BCUT2D eigenvalue weighted by Crippen LogP contribution is -2.21. The summed E-state index contributed by atoms with van der Waals surface area (Å²) in [5.74, 6) is 0.500. The molecule has 1 aliphatic rings.